The van der Waals surface area contributed by atoms with Gasteiger partial charge in [0.2, 0.25) is 0 Å². The Morgan fingerprint density at radius 1 is 1.26 bits per heavy atom. The van der Waals surface area contributed by atoms with Crippen molar-refractivity contribution in [1.29, 1.82) is 0 Å². The molecule has 122 valence electrons. The highest BCUT2D eigenvalue weighted by molar-refractivity contribution is 6.03. The summed E-state index contributed by atoms with van der Waals surface area (Å²) >= 11 is 0. The smallest absolute Gasteiger partial charge is 0.339 e. The van der Waals surface area contributed by atoms with Crippen molar-refractivity contribution in [2.75, 3.05) is 6.61 Å². The van der Waals surface area contributed by atoms with E-state index in [0.717, 1.165) is 18.5 Å². The maximum atomic E-state index is 12.6. The Morgan fingerprint density at radius 2 is 2.04 bits per heavy atom. The highest BCUT2D eigenvalue weighted by atomic mass is 16.5. The lowest BCUT2D eigenvalue weighted by Gasteiger charge is -2.21. The first-order chi connectivity index (χ1) is 11.2. The summed E-state index contributed by atoms with van der Waals surface area (Å²) < 4.78 is 10.9. The highest BCUT2D eigenvalue weighted by Gasteiger charge is 2.29. The third-order valence-corrected chi connectivity index (χ3v) is 5.03. The van der Waals surface area contributed by atoms with Gasteiger partial charge in [0.05, 0.1) is 23.3 Å². The number of aromatic nitrogens is 2. The standard InChI is InChI=1S/C18H22N2O3/c1-11-16-14(18(21)22-10-12-5-3-2-4-6-12)9-15(13-7-8-13)19-17(16)23-20-11/h9,12-13H,2-8,10H2,1H3. The number of carbonyl (C=O) groups excluding carboxylic acids is 1. The van der Waals surface area contributed by atoms with E-state index >= 15 is 0 Å². The Kier molecular flexibility index (Phi) is 3.79. The number of hydrogen-bond acceptors (Lipinski definition) is 5. The SMILES string of the molecule is Cc1noc2nc(C3CC3)cc(C(=O)OCC3CCCCC3)c12. The Hall–Kier alpha value is -1.91. The topological polar surface area (TPSA) is 65.2 Å². The lowest BCUT2D eigenvalue weighted by atomic mass is 9.90. The molecule has 0 saturated heterocycles. The van der Waals surface area contributed by atoms with Gasteiger partial charge in [-0.1, -0.05) is 24.4 Å². The molecule has 5 nitrogen and oxygen atoms in total. The van der Waals surface area contributed by atoms with Crippen LogP contribution in [0.5, 0.6) is 0 Å². The average Bonchev–Trinajstić information content (AvgIpc) is 3.37. The maximum Gasteiger partial charge on any atom is 0.339 e. The molecule has 5 heteroatoms. The van der Waals surface area contributed by atoms with Gasteiger partial charge in [0.1, 0.15) is 0 Å². The van der Waals surface area contributed by atoms with E-state index < -0.39 is 0 Å². The minimum atomic E-state index is -0.267. The summed E-state index contributed by atoms with van der Waals surface area (Å²) in [5.74, 6) is 0.697. The van der Waals surface area contributed by atoms with Crippen LogP contribution >= 0.6 is 0 Å². The zero-order chi connectivity index (χ0) is 15.8. The first-order valence-electron chi connectivity index (χ1n) is 8.66. The van der Waals surface area contributed by atoms with Crippen LogP contribution in [0.1, 0.15) is 72.6 Å². The summed E-state index contributed by atoms with van der Waals surface area (Å²) in [6, 6.07) is 1.88. The van der Waals surface area contributed by atoms with Crippen molar-refractivity contribution >= 4 is 17.1 Å². The molecule has 2 aromatic rings. The van der Waals surface area contributed by atoms with E-state index in [4.69, 9.17) is 9.26 Å². The van der Waals surface area contributed by atoms with E-state index in [9.17, 15) is 4.79 Å². The lowest BCUT2D eigenvalue weighted by Crippen LogP contribution is -2.17. The molecule has 0 radical (unpaired) electrons. The zero-order valence-electron chi connectivity index (χ0n) is 13.5. The number of carbonyl (C=O) groups is 1. The average molecular weight is 314 g/mol. The van der Waals surface area contributed by atoms with Gasteiger partial charge in [0, 0.05) is 11.6 Å². The molecule has 2 aliphatic carbocycles. The second-order valence-electron chi connectivity index (χ2n) is 6.92. The van der Waals surface area contributed by atoms with Crippen molar-refractivity contribution in [1.82, 2.24) is 10.1 Å². The van der Waals surface area contributed by atoms with Gasteiger partial charge in [-0.3, -0.25) is 0 Å². The van der Waals surface area contributed by atoms with Gasteiger partial charge in [-0.25, -0.2) is 9.78 Å². The molecule has 4 rings (SSSR count). The number of rotatable bonds is 4. The molecule has 0 spiro atoms. The van der Waals surface area contributed by atoms with E-state index in [1.807, 2.05) is 13.0 Å². The molecule has 0 amide bonds. The van der Waals surface area contributed by atoms with E-state index in [0.29, 0.717) is 40.8 Å². The Labute approximate surface area is 135 Å². The van der Waals surface area contributed by atoms with E-state index in [1.54, 1.807) is 0 Å². The second kappa shape index (κ2) is 5.95. The molecular formula is C18H22N2O3. The van der Waals surface area contributed by atoms with Crippen LogP contribution in [0.4, 0.5) is 0 Å². The summed E-state index contributed by atoms with van der Waals surface area (Å²) in [4.78, 5) is 17.1. The first-order valence-corrected chi connectivity index (χ1v) is 8.66. The molecule has 0 bridgehead atoms. The molecule has 0 aromatic carbocycles. The number of hydrogen-bond donors (Lipinski definition) is 0. The number of esters is 1. The molecule has 2 heterocycles. The van der Waals surface area contributed by atoms with Crippen molar-refractivity contribution in [2.45, 2.75) is 57.8 Å². The van der Waals surface area contributed by atoms with Crippen molar-refractivity contribution in [3.8, 4) is 0 Å². The van der Waals surface area contributed by atoms with Gasteiger partial charge in [0.25, 0.3) is 5.71 Å². The summed E-state index contributed by atoms with van der Waals surface area (Å²) in [6.07, 6.45) is 8.39. The Bertz CT molecular complexity index is 727. The van der Waals surface area contributed by atoms with Gasteiger partial charge in [-0.15, -0.1) is 0 Å². The van der Waals surface area contributed by atoms with Crippen LogP contribution < -0.4 is 0 Å². The summed E-state index contributed by atoms with van der Waals surface area (Å²) in [5.41, 5.74) is 2.64. The molecule has 0 N–H and O–H groups in total. The maximum absolute atomic E-state index is 12.6. The van der Waals surface area contributed by atoms with Crippen molar-refractivity contribution in [3.05, 3.63) is 23.0 Å². The lowest BCUT2D eigenvalue weighted by molar-refractivity contribution is 0.0412. The fourth-order valence-electron chi connectivity index (χ4n) is 3.49. The fourth-order valence-corrected chi connectivity index (χ4v) is 3.49. The van der Waals surface area contributed by atoms with Crippen LogP contribution in [0.15, 0.2) is 10.6 Å². The molecule has 2 aliphatic rings. The molecule has 2 fully saturated rings. The molecule has 2 saturated carbocycles. The van der Waals surface area contributed by atoms with Crippen LogP contribution in [0, 0.1) is 12.8 Å². The highest BCUT2D eigenvalue weighted by Crippen LogP contribution is 2.40. The van der Waals surface area contributed by atoms with Crippen LogP contribution in [0.25, 0.3) is 11.1 Å². The molecular weight excluding hydrogens is 292 g/mol. The third kappa shape index (κ3) is 2.96. The number of pyridine rings is 1. The minimum Gasteiger partial charge on any atom is -0.462 e. The van der Waals surface area contributed by atoms with Crippen molar-refractivity contribution < 1.29 is 14.1 Å². The van der Waals surface area contributed by atoms with Gasteiger partial charge >= 0.3 is 5.97 Å². The van der Waals surface area contributed by atoms with Gasteiger partial charge in [-0.2, -0.15) is 0 Å². The summed E-state index contributed by atoms with van der Waals surface area (Å²) in [6.45, 7) is 2.36. The van der Waals surface area contributed by atoms with Gasteiger partial charge < -0.3 is 9.26 Å². The predicted molar refractivity (Wildman–Crippen MR) is 85.4 cm³/mol. The molecule has 0 unspecified atom stereocenters. The monoisotopic (exact) mass is 314 g/mol. The summed E-state index contributed by atoms with van der Waals surface area (Å²) in [5, 5.41) is 4.66. The third-order valence-electron chi connectivity index (χ3n) is 5.03. The summed E-state index contributed by atoms with van der Waals surface area (Å²) in [7, 11) is 0. The first kappa shape index (κ1) is 14.7. The fraction of sp³-hybridized carbons (Fsp3) is 0.611. The molecule has 23 heavy (non-hydrogen) atoms. The number of aryl methyl sites for hydroxylation is 1. The van der Waals surface area contributed by atoms with E-state index in [-0.39, 0.29) is 5.97 Å². The normalized spacial score (nSPS) is 19.2. The van der Waals surface area contributed by atoms with E-state index in [2.05, 4.69) is 10.1 Å². The van der Waals surface area contributed by atoms with Gasteiger partial charge in [-0.05, 0) is 44.6 Å². The van der Waals surface area contributed by atoms with E-state index in [1.165, 1.54) is 32.1 Å². The van der Waals surface area contributed by atoms with Crippen LogP contribution in [-0.2, 0) is 4.74 Å². The Balaban J connectivity index is 1.58. The van der Waals surface area contributed by atoms with Crippen molar-refractivity contribution in [2.24, 2.45) is 5.92 Å². The molecule has 2 aromatic heterocycles. The molecule has 0 aliphatic heterocycles. The van der Waals surface area contributed by atoms with Crippen LogP contribution in [0.3, 0.4) is 0 Å². The van der Waals surface area contributed by atoms with Crippen LogP contribution in [-0.4, -0.2) is 22.7 Å². The Morgan fingerprint density at radius 3 is 2.78 bits per heavy atom. The molecule has 0 atom stereocenters. The number of nitrogens with zero attached hydrogens (tertiary/aromatic N) is 2. The number of fused-ring (bicyclic) bond motifs is 1. The van der Waals surface area contributed by atoms with Gasteiger partial charge in [0.15, 0.2) is 0 Å². The predicted octanol–water partition coefficient (Wildman–Crippen LogP) is 4.15. The second-order valence-corrected chi connectivity index (χ2v) is 6.92. The number of ether oxygens (including phenoxy) is 1. The quantitative estimate of drug-likeness (QED) is 0.793. The minimum absolute atomic E-state index is 0.267. The van der Waals surface area contributed by atoms with Crippen LogP contribution in [0.2, 0.25) is 0 Å². The van der Waals surface area contributed by atoms with Crippen molar-refractivity contribution in [3.63, 3.8) is 0 Å². The largest absolute Gasteiger partial charge is 0.462 e. The zero-order valence-corrected chi connectivity index (χ0v) is 13.5.